The maximum Gasteiger partial charge on any atom is 0.133 e. The van der Waals surface area contributed by atoms with E-state index >= 15 is 0 Å². The van der Waals surface area contributed by atoms with Crippen LogP contribution in [0.2, 0.25) is 0 Å². The Kier molecular flexibility index (Phi) is 3.28. The van der Waals surface area contributed by atoms with Crippen LogP contribution in [0.5, 0.6) is 0 Å². The maximum absolute atomic E-state index is 7.44. The Morgan fingerprint density at radius 1 is 1.22 bits per heavy atom. The number of anilines is 2. The van der Waals surface area contributed by atoms with E-state index in [0.29, 0.717) is 5.56 Å². The second-order valence-electron chi connectivity index (χ2n) is 4.21. The highest BCUT2D eigenvalue weighted by Gasteiger charge is 2.06. The van der Waals surface area contributed by atoms with Crippen LogP contribution < -0.4 is 10.6 Å². The molecule has 18 heavy (non-hydrogen) atoms. The zero-order valence-electron chi connectivity index (χ0n) is 10.5. The van der Waals surface area contributed by atoms with Crippen molar-refractivity contribution in [3.63, 3.8) is 0 Å². The average molecular weight is 240 g/mol. The molecule has 2 rings (SSSR count). The van der Waals surface area contributed by atoms with E-state index in [-0.39, 0.29) is 5.84 Å². The molecule has 0 radical (unpaired) electrons. The van der Waals surface area contributed by atoms with E-state index < -0.39 is 0 Å². The van der Waals surface area contributed by atoms with Gasteiger partial charge in [0.1, 0.15) is 11.7 Å². The monoisotopic (exact) mass is 240 g/mol. The molecule has 0 aliphatic rings. The van der Waals surface area contributed by atoms with Crippen LogP contribution in [-0.2, 0) is 0 Å². The van der Waals surface area contributed by atoms with Crippen LogP contribution in [0.3, 0.4) is 0 Å². The van der Waals surface area contributed by atoms with E-state index in [2.05, 4.69) is 24.0 Å². The third-order valence-corrected chi connectivity index (χ3v) is 2.82. The summed E-state index contributed by atoms with van der Waals surface area (Å²) in [6.07, 6.45) is 1.66. The van der Waals surface area contributed by atoms with Crippen molar-refractivity contribution in [1.29, 1.82) is 5.41 Å². The third-order valence-electron chi connectivity index (χ3n) is 2.82. The molecule has 1 aromatic heterocycles. The highest BCUT2D eigenvalue weighted by Crippen LogP contribution is 2.22. The molecule has 1 heterocycles. The molecule has 0 spiro atoms. The van der Waals surface area contributed by atoms with Crippen molar-refractivity contribution in [3.8, 4) is 0 Å². The van der Waals surface area contributed by atoms with Crippen molar-refractivity contribution in [2.75, 3.05) is 11.9 Å². The highest BCUT2D eigenvalue weighted by atomic mass is 15.2. The van der Waals surface area contributed by atoms with Gasteiger partial charge in [0, 0.05) is 24.5 Å². The molecule has 4 heteroatoms. The first-order valence-corrected chi connectivity index (χ1v) is 5.69. The summed E-state index contributed by atoms with van der Waals surface area (Å²) in [6.45, 7) is 2.05. The van der Waals surface area contributed by atoms with E-state index in [1.165, 1.54) is 5.56 Å². The largest absolute Gasteiger partial charge is 0.384 e. The molecule has 3 N–H and O–H groups in total. The lowest BCUT2D eigenvalue weighted by molar-refractivity contribution is 1.12. The summed E-state index contributed by atoms with van der Waals surface area (Å²) in [6, 6.07) is 11.7. The summed E-state index contributed by atoms with van der Waals surface area (Å²) >= 11 is 0. The fourth-order valence-electron chi connectivity index (χ4n) is 1.67. The van der Waals surface area contributed by atoms with Gasteiger partial charge in [0.15, 0.2) is 0 Å². The van der Waals surface area contributed by atoms with E-state index in [4.69, 9.17) is 11.1 Å². The lowest BCUT2D eigenvalue weighted by Crippen LogP contribution is -2.15. The van der Waals surface area contributed by atoms with Crippen LogP contribution in [0.25, 0.3) is 0 Å². The smallest absolute Gasteiger partial charge is 0.133 e. The summed E-state index contributed by atoms with van der Waals surface area (Å²) in [5, 5.41) is 7.44. The van der Waals surface area contributed by atoms with Crippen molar-refractivity contribution in [2.45, 2.75) is 6.92 Å². The quantitative estimate of drug-likeness (QED) is 0.639. The van der Waals surface area contributed by atoms with Gasteiger partial charge in [0.25, 0.3) is 0 Å². The van der Waals surface area contributed by atoms with Crippen LogP contribution in [-0.4, -0.2) is 17.9 Å². The van der Waals surface area contributed by atoms with Gasteiger partial charge in [-0.25, -0.2) is 4.98 Å². The molecular weight excluding hydrogens is 224 g/mol. The molecule has 0 bridgehead atoms. The van der Waals surface area contributed by atoms with Crippen molar-refractivity contribution in [1.82, 2.24) is 4.98 Å². The van der Waals surface area contributed by atoms with Crippen LogP contribution in [0.4, 0.5) is 11.5 Å². The number of nitrogens with one attached hydrogen (secondary N) is 1. The molecule has 0 saturated heterocycles. The topological polar surface area (TPSA) is 66.0 Å². The van der Waals surface area contributed by atoms with Gasteiger partial charge in [-0.05, 0) is 31.2 Å². The number of hydrogen-bond donors (Lipinski definition) is 2. The zero-order valence-corrected chi connectivity index (χ0v) is 10.5. The van der Waals surface area contributed by atoms with Crippen LogP contribution in [0.15, 0.2) is 42.6 Å². The minimum atomic E-state index is 0.0518. The first-order valence-electron chi connectivity index (χ1n) is 5.69. The first kappa shape index (κ1) is 12.1. The highest BCUT2D eigenvalue weighted by molar-refractivity contribution is 5.95. The Hall–Kier alpha value is -2.36. The van der Waals surface area contributed by atoms with Gasteiger partial charge in [0.2, 0.25) is 0 Å². The van der Waals surface area contributed by atoms with E-state index in [1.54, 1.807) is 12.3 Å². The summed E-state index contributed by atoms with van der Waals surface area (Å²) in [4.78, 5) is 6.26. The molecule has 0 saturated carbocycles. The Morgan fingerprint density at radius 3 is 2.50 bits per heavy atom. The van der Waals surface area contributed by atoms with Crippen LogP contribution in [0, 0.1) is 12.3 Å². The number of pyridine rings is 1. The first-order chi connectivity index (χ1) is 8.58. The Morgan fingerprint density at radius 2 is 1.89 bits per heavy atom. The Balaban J connectivity index is 2.33. The summed E-state index contributed by atoms with van der Waals surface area (Å²) < 4.78 is 0. The lowest BCUT2D eigenvalue weighted by Gasteiger charge is -2.19. The predicted molar refractivity (Wildman–Crippen MR) is 74.5 cm³/mol. The molecule has 4 nitrogen and oxygen atoms in total. The molecular formula is C14H16N4. The number of aromatic nitrogens is 1. The van der Waals surface area contributed by atoms with Crippen LogP contribution >= 0.6 is 0 Å². The maximum atomic E-state index is 7.44. The number of aryl methyl sites for hydroxylation is 1. The SMILES string of the molecule is Cc1ccc(N(C)c2cc(C(=N)N)ccn2)cc1. The normalized spacial score (nSPS) is 10.1. The van der Waals surface area contributed by atoms with Gasteiger partial charge in [-0.1, -0.05) is 17.7 Å². The molecule has 2 aromatic rings. The minimum absolute atomic E-state index is 0.0518. The summed E-state index contributed by atoms with van der Waals surface area (Å²) in [7, 11) is 1.94. The van der Waals surface area contributed by atoms with E-state index in [0.717, 1.165) is 11.5 Å². The number of nitrogens with two attached hydrogens (primary N) is 1. The Bertz CT molecular complexity index is 560. The fraction of sp³-hybridized carbons (Fsp3) is 0.143. The van der Waals surface area contributed by atoms with Gasteiger partial charge in [0.05, 0.1) is 0 Å². The molecule has 0 fully saturated rings. The second-order valence-corrected chi connectivity index (χ2v) is 4.21. The standard InChI is InChI=1S/C14H16N4/c1-10-3-5-12(6-4-10)18(2)13-9-11(14(15)16)7-8-17-13/h3-9H,1-2H3,(H3,15,16). The molecule has 0 atom stereocenters. The number of nitrogens with zero attached hydrogens (tertiary/aromatic N) is 2. The van der Waals surface area contributed by atoms with E-state index in [9.17, 15) is 0 Å². The van der Waals surface area contributed by atoms with Gasteiger partial charge in [-0.3, -0.25) is 5.41 Å². The number of amidine groups is 1. The number of rotatable bonds is 3. The van der Waals surface area contributed by atoms with Crippen molar-refractivity contribution >= 4 is 17.3 Å². The average Bonchev–Trinajstić information content (AvgIpc) is 2.39. The van der Waals surface area contributed by atoms with Gasteiger partial charge in [-0.2, -0.15) is 0 Å². The van der Waals surface area contributed by atoms with Gasteiger partial charge < -0.3 is 10.6 Å². The molecule has 1 aromatic carbocycles. The lowest BCUT2D eigenvalue weighted by atomic mass is 10.2. The van der Waals surface area contributed by atoms with E-state index in [1.807, 2.05) is 30.1 Å². The van der Waals surface area contributed by atoms with Crippen molar-refractivity contribution in [2.24, 2.45) is 5.73 Å². The fourth-order valence-corrected chi connectivity index (χ4v) is 1.67. The molecule has 0 aliphatic heterocycles. The van der Waals surface area contributed by atoms with Crippen LogP contribution in [0.1, 0.15) is 11.1 Å². The van der Waals surface area contributed by atoms with Crippen molar-refractivity contribution < 1.29 is 0 Å². The molecule has 0 aliphatic carbocycles. The minimum Gasteiger partial charge on any atom is -0.384 e. The van der Waals surface area contributed by atoms with Crippen molar-refractivity contribution in [3.05, 3.63) is 53.7 Å². The predicted octanol–water partition coefficient (Wildman–Crippen LogP) is 2.44. The van der Waals surface area contributed by atoms with Gasteiger partial charge >= 0.3 is 0 Å². The molecule has 0 amide bonds. The summed E-state index contributed by atoms with van der Waals surface area (Å²) in [5.74, 6) is 0.822. The number of benzene rings is 1. The second kappa shape index (κ2) is 4.87. The third kappa shape index (κ3) is 2.48. The number of hydrogen-bond acceptors (Lipinski definition) is 3. The van der Waals surface area contributed by atoms with Gasteiger partial charge in [-0.15, -0.1) is 0 Å². The molecule has 92 valence electrons. The Labute approximate surface area is 107 Å². The summed E-state index contributed by atoms with van der Waals surface area (Å²) in [5.41, 5.74) is 8.43. The number of nitrogen functional groups attached to an aromatic ring is 1. The zero-order chi connectivity index (χ0) is 13.1. The molecule has 0 unspecified atom stereocenters.